The lowest BCUT2D eigenvalue weighted by Gasteiger charge is -2.12. The molecule has 0 spiro atoms. The van der Waals surface area contributed by atoms with Crippen molar-refractivity contribution in [2.24, 2.45) is 0 Å². The third kappa shape index (κ3) is 5.86. The molecule has 4 aromatic rings. The minimum absolute atomic E-state index is 0.257. The van der Waals surface area contributed by atoms with E-state index in [0.29, 0.717) is 25.3 Å². The van der Waals surface area contributed by atoms with Crippen molar-refractivity contribution in [3.8, 4) is 5.75 Å². The van der Waals surface area contributed by atoms with Crippen LogP contribution in [0.1, 0.15) is 32.8 Å². The van der Waals surface area contributed by atoms with Crippen molar-refractivity contribution in [1.82, 2.24) is 5.32 Å². The molecule has 0 saturated heterocycles. The summed E-state index contributed by atoms with van der Waals surface area (Å²) in [5.74, 6) is 0.727. The van der Waals surface area contributed by atoms with Crippen molar-refractivity contribution in [1.29, 1.82) is 0 Å². The fraction of sp³-hybridized carbons (Fsp3) is 0.148. The van der Waals surface area contributed by atoms with E-state index >= 15 is 0 Å². The molecule has 0 unspecified atom stereocenters. The van der Waals surface area contributed by atoms with E-state index in [4.69, 9.17) is 13.9 Å². The minimum atomic E-state index is -0.276. The second kappa shape index (κ2) is 11.0. The molecule has 162 valence electrons. The highest BCUT2D eigenvalue weighted by molar-refractivity contribution is 5.92. The molecule has 0 saturated carbocycles. The van der Waals surface area contributed by atoms with E-state index in [1.54, 1.807) is 6.07 Å². The Labute approximate surface area is 187 Å². The molecule has 0 fully saturated rings. The predicted molar refractivity (Wildman–Crippen MR) is 122 cm³/mol. The molecule has 1 aromatic heterocycles. The molecule has 1 heterocycles. The van der Waals surface area contributed by atoms with Gasteiger partial charge in [-0.3, -0.25) is 4.79 Å². The fourth-order valence-electron chi connectivity index (χ4n) is 3.31. The third-order valence-corrected chi connectivity index (χ3v) is 5.02. The van der Waals surface area contributed by atoms with Crippen LogP contribution in [0.25, 0.3) is 0 Å². The Balaban J connectivity index is 1.32. The maximum atomic E-state index is 12.7. The normalized spacial score (nSPS) is 10.6. The zero-order valence-corrected chi connectivity index (χ0v) is 17.7. The van der Waals surface area contributed by atoms with Gasteiger partial charge in [0.05, 0.1) is 19.5 Å². The predicted octanol–water partition coefficient (Wildman–Crippen LogP) is 5.51. The molecule has 5 heteroatoms. The van der Waals surface area contributed by atoms with E-state index in [9.17, 15) is 4.79 Å². The number of amides is 1. The van der Waals surface area contributed by atoms with Gasteiger partial charge in [-0.1, -0.05) is 72.8 Å². The summed E-state index contributed by atoms with van der Waals surface area (Å²) in [5.41, 5.74) is 3.87. The molecule has 1 N–H and O–H groups in total. The molecule has 0 aliphatic rings. The topological polar surface area (TPSA) is 60.7 Å². The van der Waals surface area contributed by atoms with E-state index in [0.717, 1.165) is 22.4 Å². The van der Waals surface area contributed by atoms with Gasteiger partial charge < -0.3 is 19.2 Å². The summed E-state index contributed by atoms with van der Waals surface area (Å²) in [7, 11) is 0. The highest BCUT2D eigenvalue weighted by atomic mass is 16.5. The van der Waals surface area contributed by atoms with Crippen LogP contribution in [0.4, 0.5) is 0 Å². The Morgan fingerprint density at radius 2 is 1.41 bits per heavy atom. The summed E-state index contributed by atoms with van der Waals surface area (Å²) in [6, 6.07) is 29.2. The number of benzene rings is 3. The number of hydrogen-bond donors (Lipinski definition) is 1. The first-order valence-corrected chi connectivity index (χ1v) is 10.5. The van der Waals surface area contributed by atoms with Crippen LogP contribution in [0.2, 0.25) is 0 Å². The summed E-state index contributed by atoms with van der Waals surface area (Å²) in [5, 5.41) is 2.94. The Morgan fingerprint density at radius 3 is 2.19 bits per heavy atom. The molecule has 0 aliphatic heterocycles. The van der Waals surface area contributed by atoms with Crippen molar-refractivity contribution in [2.75, 3.05) is 0 Å². The van der Waals surface area contributed by atoms with Crippen molar-refractivity contribution in [3.05, 3.63) is 125 Å². The standard InChI is InChI=1S/C27H25NO4/c29-27(26-24(15-16-31-26)20-32-25-13-5-2-6-14-25)28-17-22-11-7-8-12-23(22)19-30-18-21-9-3-1-4-10-21/h1-16H,17-20H2,(H,28,29). The van der Waals surface area contributed by atoms with E-state index in [1.807, 2.05) is 84.9 Å². The molecule has 0 radical (unpaired) electrons. The zero-order chi connectivity index (χ0) is 22.0. The molecule has 32 heavy (non-hydrogen) atoms. The van der Waals surface area contributed by atoms with Crippen molar-refractivity contribution in [3.63, 3.8) is 0 Å². The highest BCUT2D eigenvalue weighted by Crippen LogP contribution is 2.17. The molecular formula is C27H25NO4. The van der Waals surface area contributed by atoms with Crippen LogP contribution in [0.3, 0.4) is 0 Å². The van der Waals surface area contributed by atoms with Gasteiger partial charge in [-0.05, 0) is 34.9 Å². The van der Waals surface area contributed by atoms with Crippen LogP contribution < -0.4 is 10.1 Å². The first-order valence-electron chi connectivity index (χ1n) is 10.5. The van der Waals surface area contributed by atoms with E-state index in [-0.39, 0.29) is 18.3 Å². The molecule has 0 bridgehead atoms. The van der Waals surface area contributed by atoms with Crippen LogP contribution in [-0.2, 0) is 31.1 Å². The summed E-state index contributed by atoms with van der Waals surface area (Å²) in [6.45, 7) is 1.65. The van der Waals surface area contributed by atoms with Gasteiger partial charge in [0, 0.05) is 12.1 Å². The third-order valence-electron chi connectivity index (χ3n) is 5.02. The average molecular weight is 428 g/mol. The van der Waals surface area contributed by atoms with Gasteiger partial charge in [-0.25, -0.2) is 0 Å². The molecule has 0 atom stereocenters. The first-order chi connectivity index (χ1) is 15.8. The van der Waals surface area contributed by atoms with Crippen LogP contribution in [0.5, 0.6) is 5.75 Å². The van der Waals surface area contributed by atoms with Gasteiger partial charge in [-0.15, -0.1) is 0 Å². The van der Waals surface area contributed by atoms with Gasteiger partial charge in [0.2, 0.25) is 0 Å². The molecular weight excluding hydrogens is 402 g/mol. The van der Waals surface area contributed by atoms with E-state index in [1.165, 1.54) is 6.26 Å². The smallest absolute Gasteiger partial charge is 0.287 e. The van der Waals surface area contributed by atoms with Crippen LogP contribution in [-0.4, -0.2) is 5.91 Å². The summed E-state index contributed by atoms with van der Waals surface area (Å²) in [4.78, 5) is 12.7. The summed E-state index contributed by atoms with van der Waals surface area (Å²) < 4.78 is 17.0. The maximum absolute atomic E-state index is 12.7. The molecule has 3 aromatic carbocycles. The van der Waals surface area contributed by atoms with Crippen LogP contribution in [0, 0.1) is 0 Å². The second-order valence-corrected chi connectivity index (χ2v) is 7.31. The number of hydrogen-bond acceptors (Lipinski definition) is 4. The summed E-state index contributed by atoms with van der Waals surface area (Å²) >= 11 is 0. The Hall–Kier alpha value is -3.83. The second-order valence-electron chi connectivity index (χ2n) is 7.31. The molecule has 0 aliphatic carbocycles. The van der Waals surface area contributed by atoms with Crippen LogP contribution >= 0.6 is 0 Å². The number of furan rings is 1. The largest absolute Gasteiger partial charge is 0.489 e. The minimum Gasteiger partial charge on any atom is -0.489 e. The first kappa shape index (κ1) is 21.4. The lowest BCUT2D eigenvalue weighted by atomic mass is 10.1. The lowest BCUT2D eigenvalue weighted by molar-refractivity contribution is 0.0917. The monoisotopic (exact) mass is 427 g/mol. The maximum Gasteiger partial charge on any atom is 0.287 e. The fourth-order valence-corrected chi connectivity index (χ4v) is 3.31. The number of para-hydroxylation sites is 1. The van der Waals surface area contributed by atoms with Gasteiger partial charge in [0.15, 0.2) is 5.76 Å². The SMILES string of the molecule is O=C(NCc1ccccc1COCc1ccccc1)c1occc1COc1ccccc1. The van der Waals surface area contributed by atoms with E-state index in [2.05, 4.69) is 5.32 Å². The van der Waals surface area contributed by atoms with Gasteiger partial charge >= 0.3 is 0 Å². The Bertz CT molecular complexity index is 1120. The summed E-state index contributed by atoms with van der Waals surface area (Å²) in [6.07, 6.45) is 1.50. The number of ether oxygens (including phenoxy) is 2. The molecule has 4 rings (SSSR count). The number of nitrogens with one attached hydrogen (secondary N) is 1. The Kier molecular flexibility index (Phi) is 7.34. The molecule has 5 nitrogen and oxygen atoms in total. The number of rotatable bonds is 10. The van der Waals surface area contributed by atoms with Gasteiger partial charge in [0.25, 0.3) is 5.91 Å². The van der Waals surface area contributed by atoms with Crippen molar-refractivity contribution < 1.29 is 18.7 Å². The van der Waals surface area contributed by atoms with Crippen molar-refractivity contribution >= 4 is 5.91 Å². The van der Waals surface area contributed by atoms with Crippen LogP contribution in [0.15, 0.2) is 102 Å². The average Bonchev–Trinajstić information content (AvgIpc) is 3.32. The Morgan fingerprint density at radius 1 is 0.719 bits per heavy atom. The van der Waals surface area contributed by atoms with Crippen molar-refractivity contribution in [2.45, 2.75) is 26.4 Å². The number of carbonyl (C=O) groups excluding carboxylic acids is 1. The quantitative estimate of drug-likeness (QED) is 0.363. The molecule has 1 amide bonds. The van der Waals surface area contributed by atoms with E-state index < -0.39 is 0 Å². The van der Waals surface area contributed by atoms with Gasteiger partial charge in [0.1, 0.15) is 12.4 Å². The zero-order valence-electron chi connectivity index (χ0n) is 17.7. The number of carbonyl (C=O) groups is 1. The lowest BCUT2D eigenvalue weighted by Crippen LogP contribution is -2.24. The van der Waals surface area contributed by atoms with Gasteiger partial charge in [-0.2, -0.15) is 0 Å². The highest BCUT2D eigenvalue weighted by Gasteiger charge is 2.16.